The van der Waals surface area contributed by atoms with Gasteiger partial charge in [0, 0.05) is 17.5 Å². The van der Waals surface area contributed by atoms with Gasteiger partial charge in [0.25, 0.3) is 0 Å². The van der Waals surface area contributed by atoms with E-state index in [4.69, 9.17) is 0 Å². The zero-order valence-corrected chi connectivity index (χ0v) is 11.7. The van der Waals surface area contributed by atoms with E-state index >= 15 is 0 Å². The molecule has 0 aromatic rings. The van der Waals surface area contributed by atoms with Crippen LogP contribution in [0.5, 0.6) is 0 Å². The third-order valence-electron chi connectivity index (χ3n) is 4.49. The van der Waals surface area contributed by atoms with Crippen molar-refractivity contribution in [2.24, 2.45) is 11.3 Å². The Labute approximate surface area is 105 Å². The van der Waals surface area contributed by atoms with Gasteiger partial charge in [0.2, 0.25) is 0 Å². The molecule has 1 N–H and O–H groups in total. The first-order valence-electron chi connectivity index (χ1n) is 6.64. The lowest BCUT2D eigenvalue weighted by atomic mass is 9.71. The molecule has 0 radical (unpaired) electrons. The summed E-state index contributed by atoms with van der Waals surface area (Å²) in [6.07, 6.45) is 5.42. The van der Waals surface area contributed by atoms with Gasteiger partial charge in [-0.3, -0.25) is 4.90 Å². The Morgan fingerprint density at radius 1 is 1.41 bits per heavy atom. The second-order valence-electron chi connectivity index (χ2n) is 6.49. The molecule has 1 aliphatic carbocycles. The van der Waals surface area contributed by atoms with E-state index in [9.17, 15) is 9.90 Å². The average molecular weight is 241 g/mol. The van der Waals surface area contributed by atoms with E-state index in [0.717, 1.165) is 44.4 Å². The van der Waals surface area contributed by atoms with E-state index in [-0.39, 0.29) is 17.6 Å². The molecular weight excluding hydrogens is 214 g/mol. The van der Waals surface area contributed by atoms with Crippen LogP contribution in [0.2, 0.25) is 0 Å². The van der Waals surface area contributed by atoms with E-state index < -0.39 is 0 Å². The Hall–Kier alpha value is -0.410. The highest BCUT2D eigenvalue weighted by atomic mass is 16.3. The minimum absolute atomic E-state index is 0.120. The number of carbonyl (C=O) groups is 1. The fourth-order valence-corrected chi connectivity index (χ4v) is 2.46. The molecule has 1 aliphatic rings. The van der Waals surface area contributed by atoms with Crippen LogP contribution >= 0.6 is 0 Å². The molecule has 0 saturated heterocycles. The molecule has 0 aromatic carbocycles. The maximum Gasteiger partial charge on any atom is 0.127 e. The first kappa shape index (κ1) is 14.7. The number of likely N-dealkylation sites (N-methyl/N-ethyl adjacent to an activating group) is 1. The maximum atomic E-state index is 11.5. The second kappa shape index (κ2) is 5.49. The van der Waals surface area contributed by atoms with Gasteiger partial charge < -0.3 is 9.90 Å². The number of rotatable bonds is 5. The molecule has 0 amide bonds. The highest BCUT2D eigenvalue weighted by molar-refractivity contribution is 5.60. The molecule has 3 heteroatoms. The number of hydrogen-bond donors (Lipinski definition) is 1. The molecule has 0 spiro atoms. The van der Waals surface area contributed by atoms with Gasteiger partial charge in [-0.1, -0.05) is 6.92 Å². The van der Waals surface area contributed by atoms with Crippen molar-refractivity contribution in [3.8, 4) is 0 Å². The van der Waals surface area contributed by atoms with Crippen LogP contribution in [0.15, 0.2) is 0 Å². The Morgan fingerprint density at radius 3 is 2.35 bits per heavy atom. The largest absolute Gasteiger partial charge is 0.394 e. The van der Waals surface area contributed by atoms with Crippen LogP contribution in [-0.2, 0) is 4.79 Å². The zero-order valence-electron chi connectivity index (χ0n) is 11.7. The molecule has 1 saturated carbocycles. The zero-order chi connectivity index (χ0) is 13.1. The van der Waals surface area contributed by atoms with Crippen LogP contribution in [0, 0.1) is 11.3 Å². The smallest absolute Gasteiger partial charge is 0.127 e. The topological polar surface area (TPSA) is 40.5 Å². The molecule has 1 rings (SSSR count). The Kier molecular flexibility index (Phi) is 4.73. The molecule has 0 unspecified atom stereocenters. The minimum Gasteiger partial charge on any atom is -0.394 e. The fraction of sp³-hybridized carbons (Fsp3) is 0.929. The van der Waals surface area contributed by atoms with Crippen molar-refractivity contribution in [1.29, 1.82) is 0 Å². The SMILES string of the molecule is CC1CCC(C=O)(CN(C)C(C)(C)CO)CC1. The standard InChI is InChI=1S/C14H27NO2/c1-12-5-7-14(11-17,8-6-12)9-15(4)13(2,3)10-16/h11-12,16H,5-10H2,1-4H3. The highest BCUT2D eigenvalue weighted by Crippen LogP contribution is 2.38. The van der Waals surface area contributed by atoms with E-state index in [0.29, 0.717) is 0 Å². The van der Waals surface area contributed by atoms with Crippen molar-refractivity contribution >= 4 is 6.29 Å². The predicted molar refractivity (Wildman–Crippen MR) is 69.9 cm³/mol. The van der Waals surface area contributed by atoms with Crippen molar-refractivity contribution in [3.05, 3.63) is 0 Å². The minimum atomic E-state index is -0.251. The van der Waals surface area contributed by atoms with Crippen molar-refractivity contribution in [2.45, 2.75) is 52.0 Å². The predicted octanol–water partition coefficient (Wildman–Crippen LogP) is 2.08. The van der Waals surface area contributed by atoms with Crippen LogP contribution in [0.25, 0.3) is 0 Å². The van der Waals surface area contributed by atoms with Crippen LogP contribution in [-0.4, -0.2) is 42.0 Å². The summed E-state index contributed by atoms with van der Waals surface area (Å²) in [6, 6.07) is 0. The molecule has 0 aliphatic heterocycles. The monoisotopic (exact) mass is 241 g/mol. The highest BCUT2D eigenvalue weighted by Gasteiger charge is 2.37. The van der Waals surface area contributed by atoms with Gasteiger partial charge in [-0.15, -0.1) is 0 Å². The van der Waals surface area contributed by atoms with E-state index in [1.807, 2.05) is 20.9 Å². The first-order valence-corrected chi connectivity index (χ1v) is 6.64. The van der Waals surface area contributed by atoms with Gasteiger partial charge in [0.15, 0.2) is 0 Å². The van der Waals surface area contributed by atoms with Gasteiger partial charge in [0.1, 0.15) is 6.29 Å². The van der Waals surface area contributed by atoms with E-state index in [1.54, 1.807) is 0 Å². The lowest BCUT2D eigenvalue weighted by Gasteiger charge is -2.42. The van der Waals surface area contributed by atoms with Crippen LogP contribution in [0.3, 0.4) is 0 Å². The summed E-state index contributed by atoms with van der Waals surface area (Å²) < 4.78 is 0. The number of aldehydes is 1. The molecule has 100 valence electrons. The summed E-state index contributed by atoms with van der Waals surface area (Å²) in [6.45, 7) is 7.16. The van der Waals surface area contributed by atoms with E-state index in [1.165, 1.54) is 0 Å². The lowest BCUT2D eigenvalue weighted by molar-refractivity contribution is -0.120. The van der Waals surface area contributed by atoms with Crippen molar-refractivity contribution in [3.63, 3.8) is 0 Å². The van der Waals surface area contributed by atoms with Gasteiger partial charge in [0.05, 0.1) is 6.61 Å². The summed E-state index contributed by atoms with van der Waals surface area (Å²) in [5, 5.41) is 9.36. The fourth-order valence-electron chi connectivity index (χ4n) is 2.46. The van der Waals surface area contributed by atoms with Gasteiger partial charge in [-0.2, -0.15) is 0 Å². The number of aliphatic hydroxyl groups is 1. The number of hydrogen-bond acceptors (Lipinski definition) is 3. The summed E-state index contributed by atoms with van der Waals surface area (Å²) in [5.41, 5.74) is -0.438. The summed E-state index contributed by atoms with van der Waals surface area (Å²) in [5.74, 6) is 0.749. The van der Waals surface area contributed by atoms with Crippen LogP contribution < -0.4 is 0 Å². The summed E-state index contributed by atoms with van der Waals surface area (Å²) in [7, 11) is 2.00. The quantitative estimate of drug-likeness (QED) is 0.749. The molecule has 1 fully saturated rings. The third-order valence-corrected chi connectivity index (χ3v) is 4.49. The Morgan fingerprint density at radius 2 is 1.94 bits per heavy atom. The molecule has 0 heterocycles. The van der Waals surface area contributed by atoms with Crippen LogP contribution in [0.1, 0.15) is 46.5 Å². The molecule has 3 nitrogen and oxygen atoms in total. The van der Waals surface area contributed by atoms with E-state index in [2.05, 4.69) is 11.8 Å². The van der Waals surface area contributed by atoms with Crippen molar-refractivity contribution in [2.75, 3.05) is 20.2 Å². The number of carbonyl (C=O) groups excluding carboxylic acids is 1. The van der Waals surface area contributed by atoms with Crippen LogP contribution in [0.4, 0.5) is 0 Å². The van der Waals surface area contributed by atoms with Gasteiger partial charge in [-0.05, 0) is 52.5 Å². The molecule has 0 bridgehead atoms. The molecule has 0 atom stereocenters. The number of aliphatic hydroxyl groups excluding tert-OH is 1. The molecule has 0 aromatic heterocycles. The maximum absolute atomic E-state index is 11.5. The summed E-state index contributed by atoms with van der Waals surface area (Å²) in [4.78, 5) is 13.6. The lowest BCUT2D eigenvalue weighted by Crippen LogP contribution is -2.50. The van der Waals surface area contributed by atoms with Gasteiger partial charge in [-0.25, -0.2) is 0 Å². The number of nitrogens with zero attached hydrogens (tertiary/aromatic N) is 1. The van der Waals surface area contributed by atoms with Crippen molar-refractivity contribution in [1.82, 2.24) is 4.90 Å². The first-order chi connectivity index (χ1) is 7.85. The molecule has 17 heavy (non-hydrogen) atoms. The van der Waals surface area contributed by atoms with Gasteiger partial charge >= 0.3 is 0 Å². The Bertz CT molecular complexity index is 255. The Balaban J connectivity index is 2.66. The van der Waals surface area contributed by atoms with Crippen molar-refractivity contribution < 1.29 is 9.90 Å². The third kappa shape index (κ3) is 3.52. The molecular formula is C14H27NO2. The average Bonchev–Trinajstić information content (AvgIpc) is 2.32. The summed E-state index contributed by atoms with van der Waals surface area (Å²) >= 11 is 0. The normalized spacial score (nSPS) is 30.6. The second-order valence-corrected chi connectivity index (χ2v) is 6.49.